The molecule has 0 aliphatic rings. The van der Waals surface area contributed by atoms with Gasteiger partial charge in [-0.15, -0.1) is 11.8 Å². The average Bonchev–Trinajstić information content (AvgIpc) is 2.77. The molecule has 0 radical (unpaired) electrons. The Labute approximate surface area is 102 Å². The first-order valence-electron chi connectivity index (χ1n) is 4.89. The van der Waals surface area contributed by atoms with Crippen molar-refractivity contribution < 1.29 is 19.4 Å². The Kier molecular flexibility index (Phi) is 3.39. The van der Waals surface area contributed by atoms with Gasteiger partial charge in [0, 0.05) is 4.90 Å². The summed E-state index contributed by atoms with van der Waals surface area (Å²) in [5.41, 5.74) is 0. The van der Waals surface area contributed by atoms with Gasteiger partial charge in [-0.2, -0.15) is 0 Å². The highest BCUT2D eigenvalue weighted by atomic mass is 32.2. The van der Waals surface area contributed by atoms with E-state index < -0.39 is 5.97 Å². The number of phenolic OH excluding ortho intramolecular Hbond substituents is 1. The summed E-state index contributed by atoms with van der Waals surface area (Å²) in [4.78, 5) is 11.6. The van der Waals surface area contributed by atoms with Crippen LogP contribution in [0.5, 0.6) is 5.75 Å². The van der Waals surface area contributed by atoms with E-state index in [0.717, 1.165) is 4.90 Å². The van der Waals surface area contributed by atoms with Crippen LogP contribution < -0.4 is 0 Å². The topological polar surface area (TPSA) is 70.7 Å². The maximum Gasteiger partial charge on any atom is 0.371 e. The van der Waals surface area contributed by atoms with Crippen molar-refractivity contribution in [1.29, 1.82) is 0 Å². The second kappa shape index (κ2) is 4.97. The molecule has 2 aromatic rings. The lowest BCUT2D eigenvalue weighted by Crippen LogP contribution is -1.91. The number of carbonyl (C=O) groups is 1. The van der Waals surface area contributed by atoms with Gasteiger partial charge in [0.25, 0.3) is 0 Å². The molecule has 1 aromatic heterocycles. The summed E-state index contributed by atoms with van der Waals surface area (Å²) in [5.74, 6) is 0.274. The third kappa shape index (κ3) is 3.04. The second-order valence-corrected chi connectivity index (χ2v) is 4.40. The van der Waals surface area contributed by atoms with E-state index in [4.69, 9.17) is 14.6 Å². The molecular weight excluding hydrogens is 240 g/mol. The zero-order chi connectivity index (χ0) is 12.3. The minimum absolute atomic E-state index is 0.0497. The number of carboxylic acids is 1. The first-order valence-corrected chi connectivity index (χ1v) is 5.87. The first kappa shape index (κ1) is 11.6. The number of rotatable bonds is 4. The molecule has 2 N–H and O–H groups in total. The van der Waals surface area contributed by atoms with E-state index in [1.807, 2.05) is 0 Å². The number of phenols is 1. The minimum Gasteiger partial charge on any atom is -0.508 e. The van der Waals surface area contributed by atoms with Crippen LogP contribution in [-0.4, -0.2) is 16.2 Å². The zero-order valence-corrected chi connectivity index (χ0v) is 9.61. The number of benzene rings is 1. The quantitative estimate of drug-likeness (QED) is 0.816. The number of hydrogen-bond donors (Lipinski definition) is 2. The molecule has 0 spiro atoms. The van der Waals surface area contributed by atoms with E-state index in [1.165, 1.54) is 17.8 Å². The maximum atomic E-state index is 10.6. The van der Waals surface area contributed by atoms with Crippen LogP contribution in [0, 0.1) is 0 Å². The van der Waals surface area contributed by atoms with Gasteiger partial charge in [-0.25, -0.2) is 4.79 Å². The Morgan fingerprint density at radius 1 is 1.18 bits per heavy atom. The van der Waals surface area contributed by atoms with Gasteiger partial charge in [0.05, 0.1) is 5.75 Å². The summed E-state index contributed by atoms with van der Waals surface area (Å²) in [6.07, 6.45) is 0. The fourth-order valence-electron chi connectivity index (χ4n) is 1.27. The van der Waals surface area contributed by atoms with Gasteiger partial charge in [0.1, 0.15) is 11.5 Å². The maximum absolute atomic E-state index is 10.6. The second-order valence-electron chi connectivity index (χ2n) is 3.35. The first-order chi connectivity index (χ1) is 8.15. The SMILES string of the molecule is O=C(O)c1ccc(CSc2ccc(O)cc2)o1. The summed E-state index contributed by atoms with van der Waals surface area (Å²) in [6, 6.07) is 9.88. The van der Waals surface area contributed by atoms with Crippen LogP contribution in [0.25, 0.3) is 0 Å². The van der Waals surface area contributed by atoms with E-state index >= 15 is 0 Å². The van der Waals surface area contributed by atoms with E-state index in [-0.39, 0.29) is 11.5 Å². The van der Waals surface area contributed by atoms with Crippen molar-refractivity contribution in [3.63, 3.8) is 0 Å². The molecule has 0 aliphatic carbocycles. The van der Waals surface area contributed by atoms with Gasteiger partial charge in [-0.3, -0.25) is 0 Å². The lowest BCUT2D eigenvalue weighted by molar-refractivity contribution is 0.0661. The average molecular weight is 250 g/mol. The van der Waals surface area contributed by atoms with E-state index in [1.54, 1.807) is 30.3 Å². The normalized spacial score (nSPS) is 10.4. The van der Waals surface area contributed by atoms with E-state index in [0.29, 0.717) is 11.5 Å². The Balaban J connectivity index is 1.97. The summed E-state index contributed by atoms with van der Waals surface area (Å²) in [6.45, 7) is 0. The molecule has 1 heterocycles. The predicted molar refractivity (Wildman–Crippen MR) is 63.3 cm³/mol. The van der Waals surface area contributed by atoms with Crippen LogP contribution in [0.15, 0.2) is 45.7 Å². The van der Waals surface area contributed by atoms with Crippen LogP contribution in [0.3, 0.4) is 0 Å². The van der Waals surface area contributed by atoms with Crippen molar-refractivity contribution in [3.8, 4) is 5.75 Å². The molecular formula is C12H10O4S. The zero-order valence-electron chi connectivity index (χ0n) is 8.79. The lowest BCUT2D eigenvalue weighted by Gasteiger charge is -1.99. The monoisotopic (exact) mass is 250 g/mol. The van der Waals surface area contributed by atoms with Crippen LogP contribution in [0.1, 0.15) is 16.3 Å². The van der Waals surface area contributed by atoms with Crippen molar-refractivity contribution in [2.45, 2.75) is 10.6 Å². The van der Waals surface area contributed by atoms with Crippen molar-refractivity contribution >= 4 is 17.7 Å². The minimum atomic E-state index is -1.06. The molecule has 0 atom stereocenters. The highest BCUT2D eigenvalue weighted by Crippen LogP contribution is 2.25. The number of aromatic carboxylic acids is 1. The van der Waals surface area contributed by atoms with Crippen LogP contribution in [-0.2, 0) is 5.75 Å². The van der Waals surface area contributed by atoms with Crippen LogP contribution in [0.2, 0.25) is 0 Å². The summed E-state index contributed by atoms with van der Waals surface area (Å²) in [5, 5.41) is 17.8. The van der Waals surface area contributed by atoms with E-state index in [9.17, 15) is 4.79 Å². The molecule has 0 fully saturated rings. The van der Waals surface area contributed by atoms with Crippen LogP contribution >= 0.6 is 11.8 Å². The summed E-state index contributed by atoms with van der Waals surface area (Å²) in [7, 11) is 0. The molecule has 0 amide bonds. The Hall–Kier alpha value is -1.88. The summed E-state index contributed by atoms with van der Waals surface area (Å²) >= 11 is 1.51. The van der Waals surface area contributed by atoms with Crippen molar-refractivity contribution in [2.75, 3.05) is 0 Å². The Bertz CT molecular complexity index is 516. The molecule has 5 heteroatoms. The van der Waals surface area contributed by atoms with Gasteiger partial charge in [0.15, 0.2) is 0 Å². The third-order valence-electron chi connectivity index (χ3n) is 2.09. The molecule has 0 aliphatic heterocycles. The highest BCUT2D eigenvalue weighted by Gasteiger charge is 2.08. The van der Waals surface area contributed by atoms with Crippen molar-refractivity contribution in [3.05, 3.63) is 47.9 Å². The predicted octanol–water partition coefficient (Wildman–Crippen LogP) is 2.98. The number of aromatic hydroxyl groups is 1. The number of hydrogen-bond acceptors (Lipinski definition) is 4. The third-order valence-corrected chi connectivity index (χ3v) is 3.12. The van der Waals surface area contributed by atoms with Gasteiger partial charge in [0.2, 0.25) is 5.76 Å². The smallest absolute Gasteiger partial charge is 0.371 e. The molecule has 1 aromatic carbocycles. The van der Waals surface area contributed by atoms with Crippen molar-refractivity contribution in [1.82, 2.24) is 0 Å². The largest absolute Gasteiger partial charge is 0.508 e. The molecule has 0 unspecified atom stereocenters. The number of thioether (sulfide) groups is 1. The molecule has 0 bridgehead atoms. The molecule has 0 saturated heterocycles. The number of furan rings is 1. The highest BCUT2D eigenvalue weighted by molar-refractivity contribution is 7.98. The molecule has 17 heavy (non-hydrogen) atoms. The molecule has 2 rings (SSSR count). The fourth-order valence-corrected chi connectivity index (χ4v) is 2.06. The molecule has 4 nitrogen and oxygen atoms in total. The lowest BCUT2D eigenvalue weighted by atomic mass is 10.3. The van der Waals surface area contributed by atoms with Gasteiger partial charge < -0.3 is 14.6 Å². The molecule has 88 valence electrons. The number of carboxylic acid groups (broad SMARTS) is 1. The van der Waals surface area contributed by atoms with Gasteiger partial charge in [-0.1, -0.05) is 0 Å². The Morgan fingerprint density at radius 3 is 2.47 bits per heavy atom. The van der Waals surface area contributed by atoms with Crippen molar-refractivity contribution in [2.24, 2.45) is 0 Å². The standard InChI is InChI=1S/C12H10O4S/c13-8-1-4-10(5-2-8)17-7-9-3-6-11(16-9)12(14)15/h1-6,13H,7H2,(H,14,15). The van der Waals surface area contributed by atoms with E-state index in [2.05, 4.69) is 0 Å². The molecule has 0 saturated carbocycles. The van der Waals surface area contributed by atoms with Gasteiger partial charge >= 0.3 is 5.97 Å². The Morgan fingerprint density at radius 2 is 1.88 bits per heavy atom. The van der Waals surface area contributed by atoms with Gasteiger partial charge in [-0.05, 0) is 36.4 Å². The fraction of sp³-hybridized carbons (Fsp3) is 0.0833. The summed E-state index contributed by atoms with van der Waals surface area (Å²) < 4.78 is 5.12. The van der Waals surface area contributed by atoms with Crippen LogP contribution in [0.4, 0.5) is 0 Å².